The number of hydrogen-bond donors (Lipinski definition) is 1. The minimum absolute atomic E-state index is 0.192. The Morgan fingerprint density at radius 2 is 2.26 bits per heavy atom. The molecule has 1 atom stereocenters. The summed E-state index contributed by atoms with van der Waals surface area (Å²) < 4.78 is 14.8. The molecule has 0 aliphatic rings. The third-order valence-corrected chi connectivity index (χ3v) is 3.01. The number of aromatic nitrogens is 2. The van der Waals surface area contributed by atoms with Crippen LogP contribution in [0, 0.1) is 5.82 Å². The van der Waals surface area contributed by atoms with E-state index in [0.29, 0.717) is 5.82 Å². The van der Waals surface area contributed by atoms with E-state index in [1.807, 2.05) is 13.8 Å². The zero-order valence-corrected chi connectivity index (χ0v) is 10.9. The molecule has 0 saturated heterocycles. The molecule has 1 aromatic carbocycles. The van der Waals surface area contributed by atoms with E-state index in [9.17, 15) is 9.18 Å². The van der Waals surface area contributed by atoms with Gasteiger partial charge in [0.2, 0.25) is 0 Å². The topological polar surface area (TPSA) is 46.9 Å². The summed E-state index contributed by atoms with van der Waals surface area (Å²) >= 11 is 0. The fourth-order valence-electron chi connectivity index (χ4n) is 1.76. The number of carbonyl (C=O) groups is 1. The van der Waals surface area contributed by atoms with Gasteiger partial charge in [0.25, 0.3) is 5.91 Å². The number of rotatable bonds is 4. The summed E-state index contributed by atoms with van der Waals surface area (Å²) in [5.41, 5.74) is 0.289. The number of amides is 1. The average molecular weight is 261 g/mol. The third-order valence-electron chi connectivity index (χ3n) is 3.01. The van der Waals surface area contributed by atoms with Crippen LogP contribution < -0.4 is 5.32 Å². The maximum Gasteiger partial charge on any atom is 0.256 e. The lowest BCUT2D eigenvalue weighted by atomic mass is 10.2. The van der Waals surface area contributed by atoms with Crippen molar-refractivity contribution in [1.29, 1.82) is 0 Å². The first-order valence-corrected chi connectivity index (χ1v) is 6.22. The highest BCUT2D eigenvalue weighted by molar-refractivity contribution is 6.03. The summed E-state index contributed by atoms with van der Waals surface area (Å²) in [6.45, 7) is 4.06. The van der Waals surface area contributed by atoms with Crippen LogP contribution in [0.15, 0.2) is 36.5 Å². The Labute approximate surface area is 111 Å². The van der Waals surface area contributed by atoms with E-state index in [-0.39, 0.29) is 17.5 Å². The molecule has 4 nitrogen and oxygen atoms in total. The van der Waals surface area contributed by atoms with Crippen molar-refractivity contribution in [2.75, 3.05) is 5.32 Å². The van der Waals surface area contributed by atoms with Gasteiger partial charge in [-0.25, -0.2) is 9.07 Å². The Morgan fingerprint density at radius 1 is 1.47 bits per heavy atom. The Morgan fingerprint density at radius 3 is 2.95 bits per heavy atom. The highest BCUT2D eigenvalue weighted by Crippen LogP contribution is 2.17. The largest absolute Gasteiger partial charge is 0.307 e. The highest BCUT2D eigenvalue weighted by Gasteiger charge is 2.12. The molecule has 5 heteroatoms. The lowest BCUT2D eigenvalue weighted by Gasteiger charge is -2.14. The second-order valence-electron chi connectivity index (χ2n) is 4.38. The van der Waals surface area contributed by atoms with Gasteiger partial charge in [-0.1, -0.05) is 13.0 Å². The van der Waals surface area contributed by atoms with E-state index in [1.54, 1.807) is 23.0 Å². The van der Waals surface area contributed by atoms with Crippen LogP contribution in [0.2, 0.25) is 0 Å². The first-order chi connectivity index (χ1) is 9.11. The zero-order valence-electron chi connectivity index (χ0n) is 10.9. The predicted octanol–water partition coefficient (Wildman–Crippen LogP) is 3.25. The van der Waals surface area contributed by atoms with Gasteiger partial charge in [-0.2, -0.15) is 5.10 Å². The van der Waals surface area contributed by atoms with E-state index in [0.717, 1.165) is 6.42 Å². The molecule has 0 fully saturated rings. The van der Waals surface area contributed by atoms with Crippen molar-refractivity contribution in [3.8, 4) is 0 Å². The molecule has 2 aromatic rings. The number of carbonyl (C=O) groups excluding carboxylic acids is 1. The third kappa shape index (κ3) is 2.99. The Balaban J connectivity index is 2.18. The fraction of sp³-hybridized carbons (Fsp3) is 0.286. The maximum absolute atomic E-state index is 13.1. The summed E-state index contributed by atoms with van der Waals surface area (Å²) in [7, 11) is 0. The average Bonchev–Trinajstić information content (AvgIpc) is 2.86. The van der Waals surface area contributed by atoms with Gasteiger partial charge in [-0.3, -0.25) is 4.79 Å². The molecule has 1 unspecified atom stereocenters. The lowest BCUT2D eigenvalue weighted by molar-refractivity contribution is 0.102. The minimum Gasteiger partial charge on any atom is -0.307 e. The monoisotopic (exact) mass is 261 g/mol. The predicted molar refractivity (Wildman–Crippen MR) is 71.6 cm³/mol. The number of nitrogens with zero attached hydrogens (tertiary/aromatic N) is 2. The summed E-state index contributed by atoms with van der Waals surface area (Å²) in [5.74, 6) is -0.156. The first-order valence-electron chi connectivity index (χ1n) is 6.22. The number of nitrogens with one attached hydrogen (secondary N) is 1. The summed E-state index contributed by atoms with van der Waals surface area (Å²) in [6.07, 6.45) is 2.54. The van der Waals surface area contributed by atoms with Gasteiger partial charge in [0.05, 0.1) is 12.2 Å². The van der Waals surface area contributed by atoms with Crippen LogP contribution in [0.5, 0.6) is 0 Å². The van der Waals surface area contributed by atoms with Crippen molar-refractivity contribution in [3.63, 3.8) is 0 Å². The van der Waals surface area contributed by atoms with Crippen LogP contribution in [0.3, 0.4) is 0 Å². The Bertz CT molecular complexity index is 580. The standard InChI is InChI=1S/C14H16FN3O/c1-3-10(2)18-13(7-8-16-18)17-14(19)11-5-4-6-12(15)9-11/h4-10H,3H2,1-2H3,(H,17,19). The second kappa shape index (κ2) is 5.65. The van der Waals surface area contributed by atoms with Gasteiger partial charge in [-0.15, -0.1) is 0 Å². The summed E-state index contributed by atoms with van der Waals surface area (Å²) in [4.78, 5) is 12.0. The van der Waals surface area contributed by atoms with E-state index in [1.165, 1.54) is 18.2 Å². The van der Waals surface area contributed by atoms with Crippen LogP contribution >= 0.6 is 0 Å². The van der Waals surface area contributed by atoms with E-state index >= 15 is 0 Å². The molecule has 0 aliphatic heterocycles. The Kier molecular flexibility index (Phi) is 3.94. The van der Waals surface area contributed by atoms with Crippen molar-refractivity contribution in [2.24, 2.45) is 0 Å². The number of halogens is 1. The van der Waals surface area contributed by atoms with Gasteiger partial charge < -0.3 is 5.32 Å². The van der Waals surface area contributed by atoms with Gasteiger partial charge in [0.1, 0.15) is 11.6 Å². The van der Waals surface area contributed by atoms with Crippen LogP contribution in [0.4, 0.5) is 10.2 Å². The number of anilines is 1. The van der Waals surface area contributed by atoms with Crippen molar-refractivity contribution in [3.05, 3.63) is 47.9 Å². The zero-order chi connectivity index (χ0) is 13.8. The number of hydrogen-bond acceptors (Lipinski definition) is 2. The smallest absolute Gasteiger partial charge is 0.256 e. The number of benzene rings is 1. The molecule has 2 rings (SSSR count). The van der Waals surface area contributed by atoms with Gasteiger partial charge in [0.15, 0.2) is 0 Å². The summed E-state index contributed by atoms with van der Waals surface area (Å²) in [5, 5.41) is 6.92. The van der Waals surface area contributed by atoms with Gasteiger partial charge in [0, 0.05) is 11.6 Å². The van der Waals surface area contributed by atoms with E-state index in [4.69, 9.17) is 0 Å². The van der Waals surface area contributed by atoms with Crippen molar-refractivity contribution in [2.45, 2.75) is 26.3 Å². The molecular weight excluding hydrogens is 245 g/mol. The Hall–Kier alpha value is -2.17. The molecule has 0 aliphatic carbocycles. The van der Waals surface area contributed by atoms with Crippen LogP contribution in [0.1, 0.15) is 36.7 Å². The van der Waals surface area contributed by atoms with E-state index in [2.05, 4.69) is 10.4 Å². The second-order valence-corrected chi connectivity index (χ2v) is 4.38. The molecule has 100 valence electrons. The van der Waals surface area contributed by atoms with Crippen LogP contribution in [-0.4, -0.2) is 15.7 Å². The van der Waals surface area contributed by atoms with Gasteiger partial charge >= 0.3 is 0 Å². The van der Waals surface area contributed by atoms with Crippen molar-refractivity contribution < 1.29 is 9.18 Å². The molecular formula is C14H16FN3O. The van der Waals surface area contributed by atoms with Gasteiger partial charge in [-0.05, 0) is 31.5 Å². The van der Waals surface area contributed by atoms with Crippen molar-refractivity contribution >= 4 is 11.7 Å². The molecule has 0 saturated carbocycles. The highest BCUT2D eigenvalue weighted by atomic mass is 19.1. The first kappa shape index (κ1) is 13.3. The molecule has 0 bridgehead atoms. The van der Waals surface area contributed by atoms with Crippen LogP contribution in [-0.2, 0) is 0 Å². The SMILES string of the molecule is CCC(C)n1nccc1NC(=O)c1cccc(F)c1. The molecule has 1 heterocycles. The van der Waals surface area contributed by atoms with Crippen molar-refractivity contribution in [1.82, 2.24) is 9.78 Å². The quantitative estimate of drug-likeness (QED) is 0.918. The fourth-order valence-corrected chi connectivity index (χ4v) is 1.76. The molecule has 1 aromatic heterocycles. The maximum atomic E-state index is 13.1. The molecule has 1 N–H and O–H groups in total. The normalized spacial score (nSPS) is 12.2. The molecule has 19 heavy (non-hydrogen) atoms. The summed E-state index contributed by atoms with van der Waals surface area (Å²) in [6, 6.07) is 7.51. The lowest BCUT2D eigenvalue weighted by Crippen LogP contribution is -2.17. The molecule has 1 amide bonds. The molecule has 0 spiro atoms. The van der Waals surface area contributed by atoms with Crippen LogP contribution in [0.25, 0.3) is 0 Å². The minimum atomic E-state index is -0.428. The molecule has 0 radical (unpaired) electrons. The van der Waals surface area contributed by atoms with E-state index < -0.39 is 5.82 Å².